The summed E-state index contributed by atoms with van der Waals surface area (Å²) in [5.74, 6) is 0.767. The summed E-state index contributed by atoms with van der Waals surface area (Å²) < 4.78 is 0. The second-order valence-electron chi connectivity index (χ2n) is 2.90. The number of nitrogens with one attached hydrogen (secondary N) is 1. The van der Waals surface area contributed by atoms with Gasteiger partial charge < -0.3 is 5.32 Å². The standard InChI is InChI=1S/C8H13NO/c1-6-3-7(9-2)5-8(10)4-6/h5-6,9H,3-4H2,1-2H3. The average Bonchev–Trinajstić information content (AvgIpc) is 1.85. The largest absolute Gasteiger partial charge is 0.391 e. The summed E-state index contributed by atoms with van der Waals surface area (Å²) in [4.78, 5) is 10.9. The first-order chi connectivity index (χ1) is 4.72. The lowest BCUT2D eigenvalue weighted by Gasteiger charge is -2.17. The molecule has 0 aromatic heterocycles. The highest BCUT2D eigenvalue weighted by molar-refractivity contribution is 5.91. The smallest absolute Gasteiger partial charge is 0.157 e. The molecule has 1 rings (SSSR count). The highest BCUT2D eigenvalue weighted by atomic mass is 16.1. The minimum absolute atomic E-state index is 0.253. The van der Waals surface area contributed by atoms with E-state index in [-0.39, 0.29) is 5.78 Å². The van der Waals surface area contributed by atoms with E-state index in [0.29, 0.717) is 12.3 Å². The molecule has 0 aromatic rings. The van der Waals surface area contributed by atoms with E-state index < -0.39 is 0 Å². The number of ketones is 1. The van der Waals surface area contributed by atoms with Crippen LogP contribution in [0.1, 0.15) is 19.8 Å². The Morgan fingerprint density at radius 1 is 1.60 bits per heavy atom. The van der Waals surface area contributed by atoms with E-state index in [9.17, 15) is 4.79 Å². The van der Waals surface area contributed by atoms with E-state index in [1.165, 1.54) is 0 Å². The monoisotopic (exact) mass is 139 g/mol. The molecule has 0 saturated heterocycles. The molecule has 0 radical (unpaired) electrons. The lowest BCUT2D eigenvalue weighted by atomic mass is 9.93. The molecule has 0 aliphatic heterocycles. The first-order valence-electron chi connectivity index (χ1n) is 3.63. The van der Waals surface area contributed by atoms with Crippen LogP contribution in [-0.2, 0) is 4.79 Å². The molecule has 0 saturated carbocycles. The second-order valence-corrected chi connectivity index (χ2v) is 2.90. The molecule has 0 bridgehead atoms. The third-order valence-electron chi connectivity index (χ3n) is 1.77. The minimum atomic E-state index is 0.253. The van der Waals surface area contributed by atoms with E-state index in [1.54, 1.807) is 6.08 Å². The Bertz CT molecular complexity index is 172. The normalized spacial score (nSPS) is 26.0. The molecular weight excluding hydrogens is 126 g/mol. The number of hydrogen-bond donors (Lipinski definition) is 1. The van der Waals surface area contributed by atoms with Crippen molar-refractivity contribution in [2.75, 3.05) is 7.05 Å². The molecule has 1 atom stereocenters. The van der Waals surface area contributed by atoms with Crippen LogP contribution in [0.3, 0.4) is 0 Å². The van der Waals surface area contributed by atoms with Crippen molar-refractivity contribution < 1.29 is 4.79 Å². The Morgan fingerprint density at radius 2 is 2.30 bits per heavy atom. The van der Waals surface area contributed by atoms with Crippen molar-refractivity contribution in [3.8, 4) is 0 Å². The molecule has 10 heavy (non-hydrogen) atoms. The van der Waals surface area contributed by atoms with Gasteiger partial charge in [0.15, 0.2) is 5.78 Å². The zero-order valence-electron chi connectivity index (χ0n) is 6.48. The van der Waals surface area contributed by atoms with Crippen molar-refractivity contribution in [3.63, 3.8) is 0 Å². The lowest BCUT2D eigenvalue weighted by molar-refractivity contribution is -0.115. The van der Waals surface area contributed by atoms with Crippen LogP contribution in [0, 0.1) is 5.92 Å². The maximum absolute atomic E-state index is 10.9. The van der Waals surface area contributed by atoms with Gasteiger partial charge in [-0.15, -0.1) is 0 Å². The maximum atomic E-state index is 10.9. The molecule has 0 spiro atoms. The first-order valence-corrected chi connectivity index (χ1v) is 3.63. The molecule has 2 nitrogen and oxygen atoms in total. The summed E-state index contributed by atoms with van der Waals surface area (Å²) in [5, 5.41) is 3.00. The van der Waals surface area contributed by atoms with Gasteiger partial charge in [-0.25, -0.2) is 0 Å². The molecule has 2 heteroatoms. The summed E-state index contributed by atoms with van der Waals surface area (Å²) in [6, 6.07) is 0. The zero-order chi connectivity index (χ0) is 7.56. The SMILES string of the molecule is CNC1=CC(=O)CC(C)C1. The molecule has 0 amide bonds. The van der Waals surface area contributed by atoms with Crippen molar-refractivity contribution in [1.29, 1.82) is 0 Å². The average molecular weight is 139 g/mol. The van der Waals surface area contributed by atoms with Gasteiger partial charge in [0.2, 0.25) is 0 Å². The van der Waals surface area contributed by atoms with Gasteiger partial charge in [-0.3, -0.25) is 4.79 Å². The molecule has 0 fully saturated rings. The number of hydrogen-bond acceptors (Lipinski definition) is 2. The van der Waals surface area contributed by atoms with Crippen LogP contribution in [0.4, 0.5) is 0 Å². The molecule has 1 N–H and O–H groups in total. The molecule has 0 aromatic carbocycles. The molecule has 1 unspecified atom stereocenters. The fourth-order valence-electron chi connectivity index (χ4n) is 1.28. The topological polar surface area (TPSA) is 29.1 Å². The second kappa shape index (κ2) is 2.86. The Balaban J connectivity index is 2.65. The van der Waals surface area contributed by atoms with Crippen LogP contribution >= 0.6 is 0 Å². The number of carbonyl (C=O) groups is 1. The summed E-state index contributed by atoms with van der Waals surface area (Å²) in [5.41, 5.74) is 1.07. The Kier molecular flexibility index (Phi) is 2.10. The highest BCUT2D eigenvalue weighted by Crippen LogP contribution is 2.18. The minimum Gasteiger partial charge on any atom is -0.391 e. The summed E-state index contributed by atoms with van der Waals surface area (Å²) >= 11 is 0. The third kappa shape index (κ3) is 1.59. The van der Waals surface area contributed by atoms with Crippen LogP contribution in [0.2, 0.25) is 0 Å². The van der Waals surface area contributed by atoms with Crippen molar-refractivity contribution in [2.45, 2.75) is 19.8 Å². The van der Waals surface area contributed by atoms with E-state index in [4.69, 9.17) is 0 Å². The lowest BCUT2D eigenvalue weighted by Crippen LogP contribution is -2.18. The van der Waals surface area contributed by atoms with Crippen LogP contribution in [0.15, 0.2) is 11.8 Å². The number of allylic oxidation sites excluding steroid dienone is 2. The van der Waals surface area contributed by atoms with Crippen molar-refractivity contribution >= 4 is 5.78 Å². The molecule has 1 aliphatic carbocycles. The maximum Gasteiger partial charge on any atom is 0.157 e. The highest BCUT2D eigenvalue weighted by Gasteiger charge is 2.15. The summed E-state index contributed by atoms with van der Waals surface area (Å²) in [6.07, 6.45) is 3.44. The first kappa shape index (κ1) is 7.32. The van der Waals surface area contributed by atoms with Crippen LogP contribution < -0.4 is 5.32 Å². The third-order valence-corrected chi connectivity index (χ3v) is 1.77. The summed E-state index contributed by atoms with van der Waals surface area (Å²) in [6.45, 7) is 2.10. The van der Waals surface area contributed by atoms with Crippen LogP contribution in [0.25, 0.3) is 0 Å². The van der Waals surface area contributed by atoms with Crippen LogP contribution in [-0.4, -0.2) is 12.8 Å². The predicted molar refractivity (Wildman–Crippen MR) is 40.5 cm³/mol. The van der Waals surface area contributed by atoms with Crippen molar-refractivity contribution in [3.05, 3.63) is 11.8 Å². The van der Waals surface area contributed by atoms with Gasteiger partial charge in [0.1, 0.15) is 0 Å². The fraction of sp³-hybridized carbons (Fsp3) is 0.625. The Morgan fingerprint density at radius 3 is 2.80 bits per heavy atom. The van der Waals surface area contributed by atoms with Gasteiger partial charge >= 0.3 is 0 Å². The van der Waals surface area contributed by atoms with Gasteiger partial charge in [0.25, 0.3) is 0 Å². The fourth-order valence-corrected chi connectivity index (χ4v) is 1.28. The van der Waals surface area contributed by atoms with Gasteiger partial charge in [0, 0.05) is 25.2 Å². The van der Waals surface area contributed by atoms with E-state index in [1.807, 2.05) is 7.05 Å². The zero-order valence-corrected chi connectivity index (χ0v) is 6.48. The summed E-state index contributed by atoms with van der Waals surface area (Å²) in [7, 11) is 1.86. The molecule has 56 valence electrons. The van der Waals surface area contributed by atoms with E-state index in [0.717, 1.165) is 12.1 Å². The number of carbonyl (C=O) groups excluding carboxylic acids is 1. The predicted octanol–water partition coefficient (Wildman–Crippen LogP) is 1.09. The van der Waals surface area contributed by atoms with Crippen molar-refractivity contribution in [1.82, 2.24) is 5.32 Å². The molecule has 1 aliphatic rings. The van der Waals surface area contributed by atoms with Gasteiger partial charge in [-0.05, 0) is 12.3 Å². The van der Waals surface area contributed by atoms with Crippen molar-refractivity contribution in [2.24, 2.45) is 5.92 Å². The van der Waals surface area contributed by atoms with Gasteiger partial charge in [-0.1, -0.05) is 6.92 Å². The quantitative estimate of drug-likeness (QED) is 0.589. The van der Waals surface area contributed by atoms with Crippen LogP contribution in [0.5, 0.6) is 0 Å². The van der Waals surface area contributed by atoms with E-state index >= 15 is 0 Å². The van der Waals surface area contributed by atoms with E-state index in [2.05, 4.69) is 12.2 Å². The Labute approximate surface area is 61.3 Å². The van der Waals surface area contributed by atoms with Gasteiger partial charge in [0.05, 0.1) is 0 Å². The van der Waals surface area contributed by atoms with Gasteiger partial charge in [-0.2, -0.15) is 0 Å². The molecule has 0 heterocycles. The number of rotatable bonds is 1. The Hall–Kier alpha value is -0.790. The molecular formula is C8H13NO.